The molecule has 1 fully saturated rings. The Hall–Kier alpha value is -3.29. The molecule has 0 aliphatic carbocycles. The molecule has 0 unspecified atom stereocenters. The van der Waals surface area contributed by atoms with E-state index in [9.17, 15) is 18.4 Å². The molecule has 1 atom stereocenters. The monoisotopic (exact) mass is 370 g/mol. The van der Waals surface area contributed by atoms with Crippen LogP contribution in [0.5, 0.6) is 0 Å². The number of nitrogens with one attached hydrogen (secondary N) is 2. The Kier molecular flexibility index (Phi) is 4.31. The summed E-state index contributed by atoms with van der Waals surface area (Å²) in [4.78, 5) is 26.1. The first-order valence-electron chi connectivity index (χ1n) is 8.48. The third-order valence-electron chi connectivity index (χ3n) is 4.65. The molecule has 2 N–H and O–H groups in total. The normalized spacial score (nSPS) is 16.9. The number of rotatable bonds is 4. The summed E-state index contributed by atoms with van der Waals surface area (Å²) in [6.45, 7) is 0.367. The van der Waals surface area contributed by atoms with Crippen LogP contribution in [0, 0.1) is 17.6 Å². The highest BCUT2D eigenvalue weighted by atomic mass is 19.1. The van der Waals surface area contributed by atoms with Gasteiger partial charge in [0.1, 0.15) is 11.6 Å². The van der Waals surface area contributed by atoms with Crippen LogP contribution in [0.25, 0.3) is 10.9 Å². The molecule has 2 aromatic carbocycles. The Labute approximate surface area is 153 Å². The predicted molar refractivity (Wildman–Crippen MR) is 94.8 cm³/mol. The molecule has 8 heteroatoms. The average molecular weight is 370 g/mol. The minimum atomic E-state index is -0.559. The van der Waals surface area contributed by atoms with Crippen molar-refractivity contribution in [2.24, 2.45) is 5.92 Å². The Morgan fingerprint density at radius 3 is 2.78 bits per heavy atom. The smallest absolute Gasteiger partial charge is 0.229 e. The number of carbonyl (C=O) groups excluding carboxylic acids is 2. The van der Waals surface area contributed by atoms with Gasteiger partial charge in [0, 0.05) is 19.5 Å². The number of fused-ring (bicyclic) bond motifs is 1. The molecule has 2 heterocycles. The van der Waals surface area contributed by atoms with Crippen LogP contribution in [0.4, 0.5) is 14.6 Å². The Bertz CT molecular complexity index is 1020. The molecule has 1 saturated heterocycles. The fourth-order valence-electron chi connectivity index (χ4n) is 3.23. The molecular weight excluding hydrogens is 354 g/mol. The molecular formula is C19H16F2N4O2. The Morgan fingerprint density at radius 1 is 1.22 bits per heavy atom. The van der Waals surface area contributed by atoms with Gasteiger partial charge in [-0.1, -0.05) is 18.2 Å². The first kappa shape index (κ1) is 17.1. The quantitative estimate of drug-likeness (QED) is 0.741. The summed E-state index contributed by atoms with van der Waals surface area (Å²) in [5.41, 5.74) is 1.24. The van der Waals surface area contributed by atoms with Crippen molar-refractivity contribution in [1.29, 1.82) is 0 Å². The zero-order valence-electron chi connectivity index (χ0n) is 14.2. The average Bonchev–Trinajstić information content (AvgIpc) is 3.25. The van der Waals surface area contributed by atoms with Crippen molar-refractivity contribution in [3.8, 4) is 0 Å². The van der Waals surface area contributed by atoms with Gasteiger partial charge in [0.2, 0.25) is 11.8 Å². The van der Waals surface area contributed by atoms with Gasteiger partial charge in [-0.25, -0.2) is 8.78 Å². The number of nitrogens with zero attached hydrogens (tertiary/aromatic N) is 2. The zero-order chi connectivity index (χ0) is 19.0. The van der Waals surface area contributed by atoms with E-state index in [0.717, 1.165) is 5.56 Å². The van der Waals surface area contributed by atoms with E-state index in [4.69, 9.17) is 0 Å². The van der Waals surface area contributed by atoms with E-state index < -0.39 is 11.7 Å². The summed E-state index contributed by atoms with van der Waals surface area (Å²) in [5.74, 6) is -1.75. The van der Waals surface area contributed by atoms with Gasteiger partial charge in [0.05, 0.1) is 16.8 Å². The van der Waals surface area contributed by atoms with Gasteiger partial charge >= 0.3 is 0 Å². The van der Waals surface area contributed by atoms with Gasteiger partial charge in [-0.3, -0.25) is 19.6 Å². The van der Waals surface area contributed by atoms with E-state index in [1.807, 2.05) is 0 Å². The molecule has 3 aromatic rings. The lowest BCUT2D eigenvalue weighted by molar-refractivity contribution is -0.126. The molecule has 6 nitrogen and oxygen atoms in total. The number of hydrogen-bond donors (Lipinski definition) is 2. The van der Waals surface area contributed by atoms with Crippen molar-refractivity contribution >= 4 is 28.5 Å². The minimum absolute atomic E-state index is 0.0259. The second kappa shape index (κ2) is 6.79. The lowest BCUT2D eigenvalue weighted by atomic mass is 10.1. The summed E-state index contributed by atoms with van der Waals surface area (Å²) in [7, 11) is 0. The molecule has 4 rings (SSSR count). The highest BCUT2D eigenvalue weighted by molar-refractivity contribution is 6.05. The highest BCUT2D eigenvalue weighted by Crippen LogP contribution is 2.31. The third-order valence-corrected chi connectivity index (χ3v) is 4.65. The van der Waals surface area contributed by atoms with Crippen molar-refractivity contribution in [3.05, 3.63) is 59.7 Å². The number of amides is 2. The largest absolute Gasteiger partial charge is 0.352 e. The third kappa shape index (κ3) is 3.25. The zero-order valence-corrected chi connectivity index (χ0v) is 14.2. The molecule has 2 amide bonds. The molecule has 138 valence electrons. The van der Waals surface area contributed by atoms with Crippen molar-refractivity contribution in [3.63, 3.8) is 0 Å². The van der Waals surface area contributed by atoms with Crippen molar-refractivity contribution in [1.82, 2.24) is 15.5 Å². The van der Waals surface area contributed by atoms with Crippen LogP contribution >= 0.6 is 0 Å². The first-order chi connectivity index (χ1) is 13.0. The van der Waals surface area contributed by atoms with Crippen LogP contribution < -0.4 is 10.2 Å². The first-order valence-corrected chi connectivity index (χ1v) is 8.48. The Morgan fingerprint density at radius 2 is 2.00 bits per heavy atom. The van der Waals surface area contributed by atoms with Crippen LogP contribution in [-0.4, -0.2) is 28.6 Å². The maximum absolute atomic E-state index is 14.1. The van der Waals surface area contributed by atoms with Crippen LogP contribution in [0.1, 0.15) is 12.0 Å². The fraction of sp³-hybridized carbons (Fsp3) is 0.211. The SMILES string of the molecule is O=C(NCc1ccc(F)cc1)[C@H]1CC(=O)N(c2n[nH]c3cccc(F)c23)C1. The lowest BCUT2D eigenvalue weighted by Crippen LogP contribution is -2.32. The maximum atomic E-state index is 14.1. The van der Waals surface area contributed by atoms with Gasteiger partial charge in [-0.2, -0.15) is 5.10 Å². The van der Waals surface area contributed by atoms with Crippen LogP contribution in [0.2, 0.25) is 0 Å². The second-order valence-corrected chi connectivity index (χ2v) is 6.46. The number of carbonyl (C=O) groups is 2. The van der Waals surface area contributed by atoms with Crippen LogP contribution in [0.15, 0.2) is 42.5 Å². The van der Waals surface area contributed by atoms with Gasteiger partial charge in [-0.05, 0) is 29.8 Å². The van der Waals surface area contributed by atoms with E-state index in [2.05, 4.69) is 15.5 Å². The maximum Gasteiger partial charge on any atom is 0.229 e. The van der Waals surface area contributed by atoms with Gasteiger partial charge in [0.15, 0.2) is 5.82 Å². The lowest BCUT2D eigenvalue weighted by Gasteiger charge is -2.14. The van der Waals surface area contributed by atoms with Crippen molar-refractivity contribution in [2.75, 3.05) is 11.4 Å². The topological polar surface area (TPSA) is 78.1 Å². The number of anilines is 1. The molecule has 1 aliphatic rings. The number of aromatic amines is 1. The van der Waals surface area contributed by atoms with E-state index in [1.165, 1.54) is 23.1 Å². The fourth-order valence-corrected chi connectivity index (χ4v) is 3.23. The standard InChI is InChI=1S/C19H16F2N4O2/c20-13-6-4-11(5-7-13)9-22-19(27)12-8-16(26)25(10-12)18-17-14(21)2-1-3-15(17)23-24-18/h1-7,12H,8-10H2,(H,22,27)(H,23,24)/t12-/m0/s1. The highest BCUT2D eigenvalue weighted by Gasteiger charge is 2.37. The molecule has 0 radical (unpaired) electrons. The number of benzene rings is 2. The van der Waals surface area contributed by atoms with E-state index >= 15 is 0 Å². The van der Waals surface area contributed by atoms with Crippen molar-refractivity contribution < 1.29 is 18.4 Å². The number of aromatic nitrogens is 2. The van der Waals surface area contributed by atoms with E-state index in [-0.39, 0.29) is 48.3 Å². The molecule has 1 aliphatic heterocycles. The second-order valence-electron chi connectivity index (χ2n) is 6.46. The molecule has 0 bridgehead atoms. The van der Waals surface area contributed by atoms with Gasteiger partial charge < -0.3 is 5.32 Å². The van der Waals surface area contributed by atoms with Crippen LogP contribution in [-0.2, 0) is 16.1 Å². The summed E-state index contributed by atoms with van der Waals surface area (Å²) < 4.78 is 27.1. The molecule has 1 aromatic heterocycles. The van der Waals surface area contributed by atoms with Crippen LogP contribution in [0.3, 0.4) is 0 Å². The summed E-state index contributed by atoms with van der Waals surface area (Å²) >= 11 is 0. The molecule has 0 spiro atoms. The molecule has 0 saturated carbocycles. The Balaban J connectivity index is 1.47. The number of halogens is 2. The van der Waals surface area contributed by atoms with E-state index in [1.54, 1.807) is 24.3 Å². The predicted octanol–water partition coefficient (Wildman–Crippen LogP) is 2.51. The summed E-state index contributed by atoms with van der Waals surface area (Å²) in [6.07, 6.45) is 0.0259. The van der Waals surface area contributed by atoms with Crippen molar-refractivity contribution in [2.45, 2.75) is 13.0 Å². The van der Waals surface area contributed by atoms with E-state index in [0.29, 0.717) is 5.52 Å². The van der Waals surface area contributed by atoms with Gasteiger partial charge in [0.25, 0.3) is 0 Å². The summed E-state index contributed by atoms with van der Waals surface area (Å²) in [6, 6.07) is 10.3. The minimum Gasteiger partial charge on any atom is -0.352 e. The number of H-pyrrole nitrogens is 1. The number of hydrogen-bond acceptors (Lipinski definition) is 3. The molecule has 27 heavy (non-hydrogen) atoms. The summed E-state index contributed by atoms with van der Waals surface area (Å²) in [5, 5.41) is 9.75. The van der Waals surface area contributed by atoms with Gasteiger partial charge in [-0.15, -0.1) is 0 Å².